The van der Waals surface area contributed by atoms with Gasteiger partial charge < -0.3 is 10.1 Å². The van der Waals surface area contributed by atoms with Gasteiger partial charge in [-0.1, -0.05) is 12.1 Å². The summed E-state index contributed by atoms with van der Waals surface area (Å²) in [6.07, 6.45) is 0.280. The first-order valence-corrected chi connectivity index (χ1v) is 9.77. The van der Waals surface area contributed by atoms with Crippen LogP contribution in [0.4, 0.5) is 9.52 Å². The third-order valence-corrected chi connectivity index (χ3v) is 5.14. The van der Waals surface area contributed by atoms with Crippen molar-refractivity contribution >= 4 is 34.3 Å². The number of anilines is 1. The second-order valence-corrected chi connectivity index (χ2v) is 7.26. The monoisotopic (exact) mass is 405 g/mol. The van der Waals surface area contributed by atoms with E-state index in [0.29, 0.717) is 23.8 Å². The third-order valence-electron chi connectivity index (χ3n) is 4.23. The molecule has 1 aromatic carbocycles. The molecular formula is C19H20FN3O4S. The van der Waals surface area contributed by atoms with Crippen molar-refractivity contribution in [1.29, 1.82) is 0 Å². The van der Waals surface area contributed by atoms with Crippen LogP contribution in [0.15, 0.2) is 29.6 Å². The van der Waals surface area contributed by atoms with Crippen molar-refractivity contribution in [3.8, 4) is 0 Å². The van der Waals surface area contributed by atoms with Gasteiger partial charge in [-0.2, -0.15) is 0 Å². The lowest BCUT2D eigenvalue weighted by Gasteiger charge is -2.13. The van der Waals surface area contributed by atoms with E-state index in [1.54, 1.807) is 22.4 Å². The van der Waals surface area contributed by atoms with Gasteiger partial charge in [0.2, 0.25) is 5.91 Å². The van der Waals surface area contributed by atoms with Crippen LogP contribution in [-0.4, -0.2) is 35.4 Å². The van der Waals surface area contributed by atoms with Gasteiger partial charge in [-0.15, -0.1) is 11.3 Å². The van der Waals surface area contributed by atoms with Crippen LogP contribution in [0, 0.1) is 5.82 Å². The fraction of sp³-hybridized carbons (Fsp3) is 0.368. The van der Waals surface area contributed by atoms with Crippen LogP contribution in [0.3, 0.4) is 0 Å². The Kier molecular flexibility index (Phi) is 6.35. The summed E-state index contributed by atoms with van der Waals surface area (Å²) in [7, 11) is 0. The van der Waals surface area contributed by atoms with Crippen molar-refractivity contribution in [3.63, 3.8) is 0 Å². The van der Waals surface area contributed by atoms with E-state index < -0.39 is 18.0 Å². The molecule has 0 unspecified atom stereocenters. The number of ether oxygens (including phenoxy) is 1. The zero-order chi connectivity index (χ0) is 20.1. The Morgan fingerprint density at radius 1 is 1.36 bits per heavy atom. The first kappa shape index (κ1) is 19.9. The molecule has 1 aliphatic rings. The predicted octanol–water partition coefficient (Wildman–Crippen LogP) is 2.20. The number of esters is 1. The summed E-state index contributed by atoms with van der Waals surface area (Å²) in [4.78, 5) is 41.8. The minimum absolute atomic E-state index is 0.0370. The molecule has 0 spiro atoms. The van der Waals surface area contributed by atoms with E-state index >= 15 is 0 Å². The SMILES string of the molecule is C[C@H](OC(=O)Cc1csc(N2CCCC2=O)n1)C(=O)NCc1ccc(F)cc1. The number of aromatic nitrogens is 1. The number of carbonyl (C=O) groups is 3. The molecule has 0 saturated carbocycles. The second-order valence-electron chi connectivity index (χ2n) is 6.42. The molecule has 7 nitrogen and oxygen atoms in total. The van der Waals surface area contributed by atoms with E-state index in [9.17, 15) is 18.8 Å². The fourth-order valence-electron chi connectivity index (χ4n) is 2.73. The molecule has 1 aromatic heterocycles. The minimum Gasteiger partial charge on any atom is -0.452 e. The lowest BCUT2D eigenvalue weighted by Crippen LogP contribution is -2.35. The summed E-state index contributed by atoms with van der Waals surface area (Å²) >= 11 is 1.30. The van der Waals surface area contributed by atoms with Gasteiger partial charge in [0.05, 0.1) is 12.1 Å². The normalized spacial score (nSPS) is 14.8. The molecule has 148 valence electrons. The molecule has 2 aromatic rings. The second kappa shape index (κ2) is 8.92. The molecule has 28 heavy (non-hydrogen) atoms. The number of amides is 2. The number of nitrogens with zero attached hydrogens (tertiary/aromatic N) is 2. The highest BCUT2D eigenvalue weighted by Gasteiger charge is 2.25. The lowest BCUT2D eigenvalue weighted by molar-refractivity contribution is -0.154. The average molecular weight is 405 g/mol. The Labute approximate surface area is 165 Å². The molecule has 1 atom stereocenters. The number of nitrogens with one attached hydrogen (secondary N) is 1. The third kappa shape index (κ3) is 5.13. The summed E-state index contributed by atoms with van der Waals surface area (Å²) in [6.45, 7) is 2.33. The Bertz CT molecular complexity index is 868. The number of rotatable bonds is 7. The average Bonchev–Trinajstić information content (AvgIpc) is 3.29. The number of hydrogen-bond acceptors (Lipinski definition) is 6. The molecule has 1 N–H and O–H groups in total. The van der Waals surface area contributed by atoms with Crippen molar-refractivity contribution in [2.45, 2.75) is 38.8 Å². The molecule has 0 bridgehead atoms. The Balaban J connectivity index is 1.46. The first-order chi connectivity index (χ1) is 13.4. The summed E-state index contributed by atoms with van der Waals surface area (Å²) in [6, 6.07) is 5.75. The van der Waals surface area contributed by atoms with Crippen molar-refractivity contribution < 1.29 is 23.5 Å². The molecule has 0 aliphatic carbocycles. The van der Waals surface area contributed by atoms with Crippen molar-refractivity contribution in [2.24, 2.45) is 0 Å². The van der Waals surface area contributed by atoms with Crippen LogP contribution in [0.25, 0.3) is 0 Å². The molecule has 1 fully saturated rings. The van der Waals surface area contributed by atoms with Crippen LogP contribution in [0.2, 0.25) is 0 Å². The van der Waals surface area contributed by atoms with Gasteiger partial charge in [0.15, 0.2) is 11.2 Å². The van der Waals surface area contributed by atoms with E-state index in [0.717, 1.165) is 12.0 Å². The molecule has 1 saturated heterocycles. The highest BCUT2D eigenvalue weighted by atomic mass is 32.1. The van der Waals surface area contributed by atoms with Gasteiger partial charge in [-0.25, -0.2) is 9.37 Å². The zero-order valence-electron chi connectivity index (χ0n) is 15.3. The summed E-state index contributed by atoms with van der Waals surface area (Å²) in [5.74, 6) is -1.33. The Hall–Kier alpha value is -2.81. The Morgan fingerprint density at radius 3 is 2.79 bits per heavy atom. The summed E-state index contributed by atoms with van der Waals surface area (Å²) in [5.41, 5.74) is 1.24. The first-order valence-electron chi connectivity index (χ1n) is 8.89. The summed E-state index contributed by atoms with van der Waals surface area (Å²) in [5, 5.41) is 4.93. The number of thiazole rings is 1. The van der Waals surface area contributed by atoms with Crippen molar-refractivity contribution in [2.75, 3.05) is 11.4 Å². The van der Waals surface area contributed by atoms with Crippen molar-refractivity contribution in [1.82, 2.24) is 10.3 Å². The molecule has 2 heterocycles. The van der Waals surface area contributed by atoms with E-state index in [1.807, 2.05) is 0 Å². The van der Waals surface area contributed by atoms with Crippen LogP contribution in [-0.2, 0) is 32.1 Å². The van der Waals surface area contributed by atoms with Crippen LogP contribution < -0.4 is 10.2 Å². The molecule has 9 heteroatoms. The van der Waals surface area contributed by atoms with E-state index in [4.69, 9.17) is 4.74 Å². The minimum atomic E-state index is -0.966. The number of hydrogen-bond donors (Lipinski definition) is 1. The van der Waals surface area contributed by atoms with Gasteiger partial charge in [0.25, 0.3) is 5.91 Å². The van der Waals surface area contributed by atoms with E-state index in [2.05, 4.69) is 10.3 Å². The maximum absolute atomic E-state index is 12.9. The number of benzene rings is 1. The maximum Gasteiger partial charge on any atom is 0.312 e. The highest BCUT2D eigenvalue weighted by Crippen LogP contribution is 2.25. The molecule has 0 radical (unpaired) electrons. The largest absolute Gasteiger partial charge is 0.452 e. The zero-order valence-corrected chi connectivity index (χ0v) is 16.1. The molecule has 3 rings (SSSR count). The van der Waals surface area contributed by atoms with Crippen LogP contribution in [0.5, 0.6) is 0 Å². The van der Waals surface area contributed by atoms with Gasteiger partial charge in [-0.05, 0) is 31.0 Å². The maximum atomic E-state index is 12.9. The van der Waals surface area contributed by atoms with E-state index in [-0.39, 0.29) is 24.7 Å². The molecule has 2 amide bonds. The summed E-state index contributed by atoms with van der Waals surface area (Å²) < 4.78 is 18.0. The van der Waals surface area contributed by atoms with Gasteiger partial charge in [0, 0.05) is 24.9 Å². The number of carbonyl (C=O) groups excluding carboxylic acids is 3. The Morgan fingerprint density at radius 2 is 2.11 bits per heavy atom. The quantitative estimate of drug-likeness (QED) is 0.714. The fourth-order valence-corrected chi connectivity index (χ4v) is 3.60. The van der Waals surface area contributed by atoms with E-state index in [1.165, 1.54) is 30.4 Å². The number of halogens is 1. The van der Waals surface area contributed by atoms with Crippen LogP contribution in [0.1, 0.15) is 31.0 Å². The predicted molar refractivity (Wildman–Crippen MR) is 101 cm³/mol. The molecular weight excluding hydrogens is 385 g/mol. The lowest BCUT2D eigenvalue weighted by atomic mass is 10.2. The van der Waals surface area contributed by atoms with Gasteiger partial charge >= 0.3 is 5.97 Å². The van der Waals surface area contributed by atoms with Crippen LogP contribution >= 0.6 is 11.3 Å². The smallest absolute Gasteiger partial charge is 0.312 e. The molecule has 1 aliphatic heterocycles. The van der Waals surface area contributed by atoms with Gasteiger partial charge in [-0.3, -0.25) is 19.3 Å². The standard InChI is InChI=1S/C19H20FN3O4S/c1-12(18(26)21-10-13-4-6-14(20)7-5-13)27-17(25)9-15-11-28-19(22-15)23-8-2-3-16(23)24/h4-7,11-12H,2-3,8-10H2,1H3,(H,21,26)/t12-/m0/s1. The highest BCUT2D eigenvalue weighted by molar-refractivity contribution is 7.14. The van der Waals surface area contributed by atoms with Gasteiger partial charge in [0.1, 0.15) is 5.82 Å². The van der Waals surface area contributed by atoms with Crippen molar-refractivity contribution in [3.05, 3.63) is 46.7 Å². The topological polar surface area (TPSA) is 88.6 Å².